The molecule has 9 heterocycles. The number of aromatic nitrogens is 12. The molecule has 2 aliphatic carbocycles. The van der Waals surface area contributed by atoms with Crippen molar-refractivity contribution in [2.24, 2.45) is 19.1 Å². The maximum absolute atomic E-state index is 14.5. The molecular weight excluding hydrogens is 1030 g/mol. The summed E-state index contributed by atoms with van der Waals surface area (Å²) in [4.78, 5) is 31.2. The van der Waals surface area contributed by atoms with Crippen LogP contribution in [0.3, 0.4) is 0 Å². The summed E-state index contributed by atoms with van der Waals surface area (Å²) < 4.78 is 77.4. The molecule has 2 aromatic carbocycles. The number of alkyl halides is 4. The highest BCUT2D eigenvalue weighted by atomic mass is 19.3. The third-order valence-electron chi connectivity index (χ3n) is 14.8. The molecule has 1 saturated heterocycles. The van der Waals surface area contributed by atoms with Crippen LogP contribution in [0, 0.1) is 6.92 Å². The van der Waals surface area contributed by atoms with E-state index in [2.05, 4.69) is 41.0 Å². The highest BCUT2D eigenvalue weighted by Gasteiger charge is 2.42. The van der Waals surface area contributed by atoms with Crippen molar-refractivity contribution < 1.29 is 31.8 Å². The van der Waals surface area contributed by atoms with E-state index in [9.17, 15) is 17.6 Å². The van der Waals surface area contributed by atoms with Gasteiger partial charge >= 0.3 is 0 Å². The van der Waals surface area contributed by atoms with E-state index in [4.69, 9.17) is 34.2 Å². The first-order chi connectivity index (χ1) is 38.6. The first-order valence-electron chi connectivity index (χ1n) is 26.5. The normalized spacial score (nSPS) is 16.6. The average Bonchev–Trinajstić information content (AvgIpc) is 4.38. The second-order valence-corrected chi connectivity index (χ2v) is 20.5. The summed E-state index contributed by atoms with van der Waals surface area (Å²) in [6.45, 7) is 4.58. The molecule has 2 aliphatic heterocycles. The highest BCUT2D eigenvalue weighted by molar-refractivity contribution is 5.96. The fraction of sp³-hybridized carbons (Fsp3) is 0.345. The molecule has 1 fully saturated rings. The zero-order valence-corrected chi connectivity index (χ0v) is 45.0. The molecule has 1 atom stereocenters. The predicted octanol–water partition coefficient (Wildman–Crippen LogP) is 11.3. The van der Waals surface area contributed by atoms with Crippen molar-refractivity contribution in [3.05, 3.63) is 142 Å². The number of aryl methyl sites for hydroxylation is 5. The van der Waals surface area contributed by atoms with Crippen LogP contribution in [0.2, 0.25) is 0 Å². The Bertz CT molecular complexity index is 3880. The number of para-hydroxylation sites is 2. The molecule has 80 heavy (non-hydrogen) atoms. The van der Waals surface area contributed by atoms with E-state index in [0.717, 1.165) is 70.4 Å². The Labute approximate surface area is 457 Å². The van der Waals surface area contributed by atoms with Gasteiger partial charge < -0.3 is 24.8 Å². The second-order valence-electron chi connectivity index (χ2n) is 20.5. The van der Waals surface area contributed by atoms with Crippen LogP contribution in [-0.4, -0.2) is 86.0 Å². The molecule has 13 rings (SSSR count). The number of fused-ring (bicyclic) bond motifs is 4. The van der Waals surface area contributed by atoms with E-state index < -0.39 is 11.8 Å². The average molecular weight is 1090 g/mol. The maximum Gasteiger partial charge on any atom is 0.290 e. The van der Waals surface area contributed by atoms with Crippen LogP contribution in [0.4, 0.5) is 46.0 Å². The van der Waals surface area contributed by atoms with E-state index in [1.807, 2.05) is 79.1 Å². The summed E-state index contributed by atoms with van der Waals surface area (Å²) in [6.07, 6.45) is 7.66. The fourth-order valence-corrected chi connectivity index (χ4v) is 11.1. The Morgan fingerprint density at radius 2 is 1.21 bits per heavy atom. The molecule has 22 heteroatoms. The number of halogens is 4. The van der Waals surface area contributed by atoms with E-state index in [-0.39, 0.29) is 36.9 Å². The minimum absolute atomic E-state index is 0.103. The zero-order chi connectivity index (χ0) is 55.5. The summed E-state index contributed by atoms with van der Waals surface area (Å²) in [5.74, 6) is -3.78. The van der Waals surface area contributed by atoms with Crippen molar-refractivity contribution in [2.75, 3.05) is 31.5 Å². The first-order valence-corrected chi connectivity index (χ1v) is 26.5. The molecule has 4 aliphatic rings. The van der Waals surface area contributed by atoms with Crippen LogP contribution >= 0.6 is 0 Å². The van der Waals surface area contributed by atoms with Crippen molar-refractivity contribution in [3.8, 4) is 34.0 Å². The Morgan fingerprint density at radius 1 is 0.650 bits per heavy atom. The number of imidazole rings is 1. The Hall–Kier alpha value is -8.66. The van der Waals surface area contributed by atoms with E-state index in [1.165, 1.54) is 9.59 Å². The van der Waals surface area contributed by atoms with Crippen LogP contribution in [0.1, 0.15) is 102 Å². The van der Waals surface area contributed by atoms with Crippen molar-refractivity contribution in [3.63, 3.8) is 0 Å². The molecule has 410 valence electrons. The number of aliphatic imine (C=N–C) groups is 1. The van der Waals surface area contributed by atoms with Gasteiger partial charge in [0.15, 0.2) is 17.1 Å². The molecule has 0 amide bonds. The zero-order valence-electron chi connectivity index (χ0n) is 45.0. The van der Waals surface area contributed by atoms with Crippen molar-refractivity contribution in [1.29, 1.82) is 0 Å². The molecule has 0 spiro atoms. The molecule has 1 unspecified atom stereocenters. The molecule has 0 radical (unpaired) electrons. The van der Waals surface area contributed by atoms with Gasteiger partial charge in [-0.25, -0.2) is 9.97 Å². The molecule has 18 nitrogen and oxygen atoms in total. The highest BCUT2D eigenvalue weighted by Crippen LogP contribution is 2.45. The molecule has 7 aromatic heterocycles. The minimum Gasteiger partial charge on any atom is -0.494 e. The second kappa shape index (κ2) is 20.9. The first kappa shape index (κ1) is 52.1. The Kier molecular flexibility index (Phi) is 13.6. The van der Waals surface area contributed by atoms with Gasteiger partial charge in [0.05, 0.1) is 60.8 Å². The van der Waals surface area contributed by atoms with Crippen molar-refractivity contribution in [1.82, 2.24) is 59.5 Å². The largest absolute Gasteiger partial charge is 0.494 e. The van der Waals surface area contributed by atoms with E-state index in [1.54, 1.807) is 52.8 Å². The van der Waals surface area contributed by atoms with Gasteiger partial charge in [0.25, 0.3) is 11.8 Å². The number of rotatable bonds is 13. The summed E-state index contributed by atoms with van der Waals surface area (Å²) in [7, 11) is 6.75. The SMILES string of the molecule is COc1c(Nc2cc(Cc3ccc4c(n3)C(F)(F)CC4)nc3c2N=C(C)C3)cccc1-c1cnn(C)n1.COc1c(Nc2cc(Cc3ccc4c(n3)C(F)(F)CC4)nc3c2nc(C)n3C2CCCCO2)cccc1-c1cnn(C)n1. The topological polar surface area (TPSA) is 195 Å². The van der Waals surface area contributed by atoms with Crippen LogP contribution in [0.5, 0.6) is 11.5 Å². The van der Waals surface area contributed by atoms with E-state index in [0.29, 0.717) is 106 Å². The Balaban J connectivity index is 0.000000161. The number of benzene rings is 2. The fourth-order valence-electron chi connectivity index (χ4n) is 11.1. The molecular formula is C58H57F4N15O3. The molecule has 2 N–H and O–H groups in total. The predicted molar refractivity (Wildman–Crippen MR) is 293 cm³/mol. The third kappa shape index (κ3) is 10.1. The number of ether oxygens (including phenoxy) is 3. The van der Waals surface area contributed by atoms with Gasteiger partial charge in [-0.3, -0.25) is 24.5 Å². The minimum atomic E-state index is -2.91. The number of pyridine rings is 4. The number of nitrogens with one attached hydrogen (secondary N) is 2. The number of hydrogen-bond donors (Lipinski definition) is 2. The smallest absolute Gasteiger partial charge is 0.290 e. The van der Waals surface area contributed by atoms with Crippen molar-refractivity contribution >= 4 is 45.3 Å². The third-order valence-corrected chi connectivity index (χ3v) is 14.8. The monoisotopic (exact) mass is 1090 g/mol. The van der Waals surface area contributed by atoms with Gasteiger partial charge in [-0.15, -0.1) is 0 Å². The van der Waals surface area contributed by atoms with Crippen LogP contribution in [-0.2, 0) is 62.8 Å². The van der Waals surface area contributed by atoms with Gasteiger partial charge in [0.2, 0.25) is 0 Å². The summed E-state index contributed by atoms with van der Waals surface area (Å²) in [6, 6.07) is 22.5. The molecule has 9 aromatic rings. The lowest BCUT2D eigenvalue weighted by Gasteiger charge is -2.25. The maximum atomic E-state index is 14.5. The molecule has 0 saturated carbocycles. The van der Waals surface area contributed by atoms with Gasteiger partial charge in [-0.2, -0.15) is 47.5 Å². The summed E-state index contributed by atoms with van der Waals surface area (Å²) in [5.41, 5.74) is 13.3. The van der Waals surface area contributed by atoms with Gasteiger partial charge in [0.1, 0.15) is 46.0 Å². The number of methoxy groups -OCH3 is 2. The summed E-state index contributed by atoms with van der Waals surface area (Å²) >= 11 is 0. The van der Waals surface area contributed by atoms with E-state index >= 15 is 0 Å². The lowest BCUT2D eigenvalue weighted by Crippen LogP contribution is -2.19. The number of nitrogens with zero attached hydrogens (tertiary/aromatic N) is 13. The lowest BCUT2D eigenvalue weighted by atomic mass is 10.1. The standard InChI is InChI=1S/C31H32F2N8O2.C27H25F2N7O/c1-18-35-27-24(38-23-8-6-7-22(28(23)42-3)25-17-34-40(2)39-25)16-21(37-30(27)41(18)26-9-4-5-14-43-26)15-20-11-10-19-12-13-31(32,33)29(19)36-20;1-15-11-21-24(31-15)22(34-20-6-4-5-19(25(20)37-3)23-14-30-36(2)35-23)13-18(32-21)12-17-8-7-16-9-10-27(28,29)26(16)33-17/h6-8,10-11,16-17,26H,4-5,9,12-15H2,1-3H3,(H,37,38);4-8,13-14H,9-12H2,1-3H3,(H,32,34). The lowest BCUT2D eigenvalue weighted by molar-refractivity contribution is -0.0309. The van der Waals surface area contributed by atoms with Gasteiger partial charge in [0, 0.05) is 86.7 Å². The van der Waals surface area contributed by atoms with Gasteiger partial charge in [-0.05, 0) is 106 Å². The Morgan fingerprint density at radius 3 is 1.75 bits per heavy atom. The van der Waals surface area contributed by atoms with Crippen LogP contribution < -0.4 is 20.1 Å². The molecule has 0 bridgehead atoms. The number of hydrogen-bond acceptors (Lipinski definition) is 15. The summed E-state index contributed by atoms with van der Waals surface area (Å²) in [5, 5.41) is 24.2. The number of anilines is 4. The van der Waals surface area contributed by atoms with Crippen molar-refractivity contribution in [2.45, 2.75) is 96.1 Å². The van der Waals surface area contributed by atoms with Crippen LogP contribution in [0.15, 0.2) is 90.2 Å². The quantitative estimate of drug-likeness (QED) is 0.104. The van der Waals surface area contributed by atoms with Gasteiger partial charge in [-0.1, -0.05) is 24.3 Å². The van der Waals surface area contributed by atoms with Crippen LogP contribution in [0.25, 0.3) is 33.7 Å².